The molecule has 0 aliphatic carbocycles. The summed E-state index contributed by atoms with van der Waals surface area (Å²) in [5.74, 6) is 0. The molecule has 0 N–H and O–H groups in total. The SMILES string of the molecule is c1ccc(-c2ccccc2-c2ccccc2-c2ccccc2N(c2ccc(-c3cccc4oc5ccccc5c34)cc2)c2ccc(-c3cccc4c3c3ccccc3n4-c3ccccc3)cc2)cc1. The fourth-order valence-electron chi connectivity index (χ4n) is 10.6. The molecule has 0 radical (unpaired) electrons. The molecule has 2 aromatic heterocycles. The van der Waals surface area contributed by atoms with Gasteiger partial charge in [-0.15, -0.1) is 0 Å². The summed E-state index contributed by atoms with van der Waals surface area (Å²) in [4.78, 5) is 2.42. The summed E-state index contributed by atoms with van der Waals surface area (Å²) in [6.45, 7) is 0. The molecule has 0 bridgehead atoms. The molecule has 3 heteroatoms. The second-order valence-electron chi connectivity index (χ2n) is 17.6. The number of aromatic nitrogens is 1. The van der Waals surface area contributed by atoms with Gasteiger partial charge in [-0.2, -0.15) is 0 Å². The molecule has 0 amide bonds. The molecule has 0 saturated carbocycles. The first-order valence-corrected chi connectivity index (χ1v) is 23.6. The predicted molar refractivity (Wildman–Crippen MR) is 290 cm³/mol. The van der Waals surface area contributed by atoms with Crippen molar-refractivity contribution in [1.29, 1.82) is 0 Å². The van der Waals surface area contributed by atoms with Crippen LogP contribution in [0.2, 0.25) is 0 Å². The zero-order chi connectivity index (χ0) is 45.7. The van der Waals surface area contributed by atoms with Gasteiger partial charge in [0.2, 0.25) is 0 Å². The standard InChI is InChI=1S/C66H44N2O/c1-3-19-45(20-4-1)51-23-7-8-24-54(51)55-25-9-10-26-56(55)57-27-11-14-32-60(57)67(50-43-39-47(40-44-50)53-31-18-36-64-66(53)59-29-13-16-35-63(59)69-64)49-41-37-46(38-42-49)52-30-17-34-62-65(52)58-28-12-15-33-61(58)68(62)48-21-5-2-6-22-48/h1-44H. The summed E-state index contributed by atoms with van der Waals surface area (Å²) < 4.78 is 8.71. The van der Waals surface area contributed by atoms with Crippen molar-refractivity contribution in [2.45, 2.75) is 0 Å². The molecule has 13 aromatic rings. The molecule has 0 unspecified atom stereocenters. The number of rotatable bonds is 9. The van der Waals surface area contributed by atoms with Crippen LogP contribution in [-0.4, -0.2) is 4.57 Å². The van der Waals surface area contributed by atoms with Gasteiger partial charge >= 0.3 is 0 Å². The third kappa shape index (κ3) is 6.91. The van der Waals surface area contributed by atoms with Gasteiger partial charge < -0.3 is 13.9 Å². The molecule has 2 heterocycles. The summed E-state index contributed by atoms with van der Waals surface area (Å²) in [6.07, 6.45) is 0. The Kier molecular flexibility index (Phi) is 9.84. The molecule has 13 rings (SSSR count). The highest BCUT2D eigenvalue weighted by molar-refractivity contribution is 6.16. The van der Waals surface area contributed by atoms with E-state index in [1.54, 1.807) is 0 Å². The number of fused-ring (bicyclic) bond motifs is 6. The molecule has 0 atom stereocenters. The number of benzene rings is 11. The Balaban J connectivity index is 0.976. The van der Waals surface area contributed by atoms with Crippen molar-refractivity contribution in [2.75, 3.05) is 4.90 Å². The van der Waals surface area contributed by atoms with Gasteiger partial charge in [0.15, 0.2) is 0 Å². The van der Waals surface area contributed by atoms with Crippen molar-refractivity contribution >= 4 is 60.8 Å². The maximum Gasteiger partial charge on any atom is 0.136 e. The highest BCUT2D eigenvalue weighted by Crippen LogP contribution is 2.47. The highest BCUT2D eigenvalue weighted by Gasteiger charge is 2.22. The summed E-state index contributed by atoms with van der Waals surface area (Å²) in [5.41, 5.74) is 20.2. The molecule has 0 spiro atoms. The molecule has 0 aliphatic rings. The third-order valence-corrected chi connectivity index (χ3v) is 13.7. The molecular formula is C66H44N2O. The number of anilines is 3. The van der Waals surface area contributed by atoms with Crippen LogP contribution in [0.5, 0.6) is 0 Å². The first kappa shape index (κ1) is 40.1. The van der Waals surface area contributed by atoms with Crippen LogP contribution in [0, 0.1) is 0 Å². The summed E-state index contributed by atoms with van der Waals surface area (Å²) in [7, 11) is 0. The first-order chi connectivity index (χ1) is 34.3. The van der Waals surface area contributed by atoms with E-state index in [2.05, 4.69) is 264 Å². The maximum atomic E-state index is 6.32. The second kappa shape index (κ2) is 16.9. The fourth-order valence-corrected chi connectivity index (χ4v) is 10.6. The molecule has 3 nitrogen and oxygen atoms in total. The van der Waals surface area contributed by atoms with E-state index in [9.17, 15) is 0 Å². The molecule has 0 fully saturated rings. The van der Waals surface area contributed by atoms with Crippen LogP contribution in [0.15, 0.2) is 271 Å². The van der Waals surface area contributed by atoms with Gasteiger partial charge in [-0.25, -0.2) is 0 Å². The third-order valence-electron chi connectivity index (χ3n) is 13.7. The van der Waals surface area contributed by atoms with Crippen LogP contribution in [0.1, 0.15) is 0 Å². The largest absolute Gasteiger partial charge is 0.456 e. The van der Waals surface area contributed by atoms with E-state index in [1.807, 2.05) is 12.1 Å². The minimum absolute atomic E-state index is 0.890. The van der Waals surface area contributed by atoms with Gasteiger partial charge in [0, 0.05) is 44.2 Å². The van der Waals surface area contributed by atoms with Gasteiger partial charge in [0.25, 0.3) is 0 Å². The fraction of sp³-hybridized carbons (Fsp3) is 0. The smallest absolute Gasteiger partial charge is 0.136 e. The van der Waals surface area contributed by atoms with Crippen molar-refractivity contribution < 1.29 is 4.42 Å². The molecule has 69 heavy (non-hydrogen) atoms. The minimum atomic E-state index is 0.890. The molecule has 11 aromatic carbocycles. The van der Waals surface area contributed by atoms with Crippen molar-refractivity contribution in [2.24, 2.45) is 0 Å². The monoisotopic (exact) mass is 880 g/mol. The number of hydrogen-bond acceptors (Lipinski definition) is 2. The van der Waals surface area contributed by atoms with Crippen molar-refractivity contribution in [3.05, 3.63) is 267 Å². The normalized spacial score (nSPS) is 11.5. The van der Waals surface area contributed by atoms with Crippen molar-refractivity contribution in [1.82, 2.24) is 4.57 Å². The lowest BCUT2D eigenvalue weighted by Gasteiger charge is -2.29. The van der Waals surface area contributed by atoms with Crippen molar-refractivity contribution in [3.63, 3.8) is 0 Å². The summed E-state index contributed by atoms with van der Waals surface area (Å²) in [6, 6.07) is 96.1. The van der Waals surface area contributed by atoms with E-state index in [0.29, 0.717) is 0 Å². The second-order valence-corrected chi connectivity index (χ2v) is 17.6. The average Bonchev–Trinajstić information content (AvgIpc) is 3.98. The van der Waals surface area contributed by atoms with Crippen LogP contribution in [0.25, 0.3) is 105 Å². The Morgan fingerprint density at radius 2 is 0.725 bits per heavy atom. The van der Waals surface area contributed by atoms with Crippen LogP contribution in [0.4, 0.5) is 17.1 Å². The quantitative estimate of drug-likeness (QED) is 0.144. The molecular weight excluding hydrogens is 837 g/mol. The Morgan fingerprint density at radius 3 is 1.42 bits per heavy atom. The number of nitrogens with zero attached hydrogens (tertiary/aromatic N) is 2. The number of para-hydroxylation sites is 4. The van der Waals surface area contributed by atoms with Crippen LogP contribution >= 0.6 is 0 Å². The van der Waals surface area contributed by atoms with Crippen LogP contribution in [0.3, 0.4) is 0 Å². The topological polar surface area (TPSA) is 21.3 Å². The Morgan fingerprint density at radius 1 is 0.275 bits per heavy atom. The lowest BCUT2D eigenvalue weighted by atomic mass is 9.88. The van der Waals surface area contributed by atoms with Gasteiger partial charge in [-0.3, -0.25) is 0 Å². The van der Waals surface area contributed by atoms with E-state index in [4.69, 9.17) is 4.42 Å². The van der Waals surface area contributed by atoms with Crippen LogP contribution in [-0.2, 0) is 0 Å². The number of hydrogen-bond donors (Lipinski definition) is 0. The highest BCUT2D eigenvalue weighted by atomic mass is 16.3. The lowest BCUT2D eigenvalue weighted by Crippen LogP contribution is -2.11. The van der Waals surface area contributed by atoms with Crippen LogP contribution < -0.4 is 4.90 Å². The summed E-state index contributed by atoms with van der Waals surface area (Å²) in [5, 5.41) is 4.73. The maximum absolute atomic E-state index is 6.32. The van der Waals surface area contributed by atoms with E-state index in [0.717, 1.165) is 72.5 Å². The minimum Gasteiger partial charge on any atom is -0.456 e. The van der Waals surface area contributed by atoms with Gasteiger partial charge in [-0.05, 0) is 117 Å². The Bertz CT molecular complexity index is 4000. The zero-order valence-electron chi connectivity index (χ0n) is 37.7. The Hall–Kier alpha value is -9.18. The van der Waals surface area contributed by atoms with Gasteiger partial charge in [0.1, 0.15) is 11.2 Å². The van der Waals surface area contributed by atoms with Crippen molar-refractivity contribution in [3.8, 4) is 61.3 Å². The van der Waals surface area contributed by atoms with E-state index in [-0.39, 0.29) is 0 Å². The Labute approximate surface area is 401 Å². The zero-order valence-corrected chi connectivity index (χ0v) is 37.7. The lowest BCUT2D eigenvalue weighted by molar-refractivity contribution is 0.669. The van der Waals surface area contributed by atoms with E-state index < -0.39 is 0 Å². The molecule has 0 aliphatic heterocycles. The predicted octanol–water partition coefficient (Wildman–Crippen LogP) is 18.5. The van der Waals surface area contributed by atoms with Gasteiger partial charge in [-0.1, -0.05) is 200 Å². The molecule has 0 saturated heterocycles. The summed E-state index contributed by atoms with van der Waals surface area (Å²) >= 11 is 0. The van der Waals surface area contributed by atoms with Gasteiger partial charge in [0.05, 0.1) is 16.7 Å². The average molecular weight is 881 g/mol. The van der Waals surface area contributed by atoms with E-state index in [1.165, 1.54) is 49.6 Å². The first-order valence-electron chi connectivity index (χ1n) is 23.6. The number of furan rings is 1. The van der Waals surface area contributed by atoms with E-state index >= 15 is 0 Å². The molecule has 324 valence electrons.